The molecule has 2 unspecified atom stereocenters. The van der Waals surface area contributed by atoms with E-state index in [2.05, 4.69) is 25.7 Å². The Bertz CT molecular complexity index is 240. The maximum absolute atomic E-state index is 10.4. The first-order valence-corrected chi connectivity index (χ1v) is 11.2. The first-order chi connectivity index (χ1) is 12.1. The third-order valence-electron chi connectivity index (χ3n) is 5.05. The fourth-order valence-corrected chi connectivity index (χ4v) is 3.41. The van der Waals surface area contributed by atoms with Crippen LogP contribution in [0.5, 0.6) is 0 Å². The van der Waals surface area contributed by atoms with Gasteiger partial charge in [0.25, 0.3) is 0 Å². The second kappa shape index (κ2) is 18.7. The summed E-state index contributed by atoms with van der Waals surface area (Å²) >= 11 is 0. The molecule has 0 aliphatic heterocycles. The van der Waals surface area contributed by atoms with E-state index in [4.69, 9.17) is 0 Å². The highest BCUT2D eigenvalue weighted by molar-refractivity contribution is 4.70. The van der Waals surface area contributed by atoms with Crippen LogP contribution in [0.2, 0.25) is 0 Å². The molecular formula is C22H47NO2. The van der Waals surface area contributed by atoms with Crippen molar-refractivity contribution in [3.8, 4) is 0 Å². The number of rotatable bonds is 19. The maximum atomic E-state index is 10.4. The van der Waals surface area contributed by atoms with E-state index in [0.717, 1.165) is 45.3 Å². The lowest BCUT2D eigenvalue weighted by Gasteiger charge is -2.27. The lowest BCUT2D eigenvalue weighted by molar-refractivity contribution is 0.0596. The maximum Gasteiger partial charge on any atom is 0.0667 e. The van der Waals surface area contributed by atoms with Crippen molar-refractivity contribution in [2.75, 3.05) is 19.6 Å². The Morgan fingerprint density at radius 1 is 0.560 bits per heavy atom. The van der Waals surface area contributed by atoms with Crippen LogP contribution in [0.4, 0.5) is 0 Å². The summed E-state index contributed by atoms with van der Waals surface area (Å²) in [4.78, 5) is 2.31. The molecule has 152 valence electrons. The second-order valence-electron chi connectivity index (χ2n) is 7.83. The average molecular weight is 358 g/mol. The van der Waals surface area contributed by atoms with Crippen LogP contribution in [-0.4, -0.2) is 47.0 Å². The van der Waals surface area contributed by atoms with Crippen molar-refractivity contribution in [2.24, 2.45) is 0 Å². The summed E-state index contributed by atoms with van der Waals surface area (Å²) in [5.74, 6) is 0. The zero-order chi connectivity index (χ0) is 18.8. The number of nitrogens with zero attached hydrogens (tertiary/aromatic N) is 1. The van der Waals surface area contributed by atoms with E-state index in [9.17, 15) is 10.2 Å². The van der Waals surface area contributed by atoms with Crippen LogP contribution in [0.3, 0.4) is 0 Å². The molecule has 0 aliphatic carbocycles. The minimum atomic E-state index is -0.240. The molecule has 0 saturated heterocycles. The molecule has 0 fully saturated rings. The topological polar surface area (TPSA) is 43.7 Å². The fraction of sp³-hybridized carbons (Fsp3) is 1.00. The van der Waals surface area contributed by atoms with E-state index in [1.54, 1.807) is 0 Å². The molecule has 2 atom stereocenters. The van der Waals surface area contributed by atoms with Crippen molar-refractivity contribution in [1.82, 2.24) is 4.90 Å². The van der Waals surface area contributed by atoms with Gasteiger partial charge in [0.15, 0.2) is 0 Å². The van der Waals surface area contributed by atoms with Crippen LogP contribution in [-0.2, 0) is 0 Å². The third kappa shape index (κ3) is 17.1. The predicted octanol–water partition coefficient (Wildman–Crippen LogP) is 5.53. The van der Waals surface area contributed by atoms with Crippen LogP contribution in [0.15, 0.2) is 0 Å². The molecule has 0 aromatic heterocycles. The molecule has 0 spiro atoms. The van der Waals surface area contributed by atoms with Crippen LogP contribution in [0, 0.1) is 0 Å². The molecule has 3 heteroatoms. The molecule has 0 amide bonds. The van der Waals surface area contributed by atoms with Crippen LogP contribution >= 0.6 is 0 Å². The van der Waals surface area contributed by atoms with Crippen molar-refractivity contribution in [3.05, 3.63) is 0 Å². The summed E-state index contributed by atoms with van der Waals surface area (Å²) in [6.45, 7) is 9.14. The lowest BCUT2D eigenvalue weighted by Crippen LogP contribution is -2.38. The van der Waals surface area contributed by atoms with Crippen molar-refractivity contribution < 1.29 is 10.2 Å². The summed E-state index contributed by atoms with van der Waals surface area (Å²) in [6.07, 6.45) is 16.0. The Morgan fingerprint density at radius 3 is 1.36 bits per heavy atom. The molecule has 0 bridgehead atoms. The lowest BCUT2D eigenvalue weighted by atomic mass is 10.1. The molecule has 0 aromatic carbocycles. The van der Waals surface area contributed by atoms with Gasteiger partial charge in [0, 0.05) is 13.1 Å². The van der Waals surface area contributed by atoms with Gasteiger partial charge in [-0.3, -0.25) is 4.90 Å². The number of aliphatic hydroxyl groups excluding tert-OH is 2. The molecule has 0 saturated carbocycles. The Labute approximate surface area is 158 Å². The monoisotopic (exact) mass is 357 g/mol. The smallest absolute Gasteiger partial charge is 0.0667 e. The summed E-state index contributed by atoms with van der Waals surface area (Å²) in [5, 5.41) is 20.7. The van der Waals surface area contributed by atoms with E-state index in [1.165, 1.54) is 64.2 Å². The van der Waals surface area contributed by atoms with Gasteiger partial charge in [-0.15, -0.1) is 0 Å². The van der Waals surface area contributed by atoms with E-state index in [-0.39, 0.29) is 12.2 Å². The van der Waals surface area contributed by atoms with Gasteiger partial charge in [-0.05, 0) is 25.8 Å². The van der Waals surface area contributed by atoms with E-state index >= 15 is 0 Å². The standard InChI is InChI=1S/C22H47NO2/c1-4-7-10-13-16-21(24)19-23(18-15-12-9-6-3)20-22(25)17-14-11-8-5-2/h21-22,24-25H,4-20H2,1-3H3. The Hall–Kier alpha value is -0.120. The van der Waals surface area contributed by atoms with Gasteiger partial charge in [-0.2, -0.15) is 0 Å². The largest absolute Gasteiger partial charge is 0.392 e. The molecule has 0 aliphatic rings. The predicted molar refractivity (Wildman–Crippen MR) is 110 cm³/mol. The van der Waals surface area contributed by atoms with Crippen molar-refractivity contribution in [2.45, 2.75) is 123 Å². The van der Waals surface area contributed by atoms with Crippen molar-refractivity contribution >= 4 is 0 Å². The number of aliphatic hydroxyl groups is 2. The number of hydrogen-bond donors (Lipinski definition) is 2. The Balaban J connectivity index is 4.14. The van der Waals surface area contributed by atoms with Crippen LogP contribution in [0.25, 0.3) is 0 Å². The van der Waals surface area contributed by atoms with E-state index in [0.29, 0.717) is 0 Å². The Kier molecular flexibility index (Phi) is 18.6. The van der Waals surface area contributed by atoms with E-state index < -0.39 is 0 Å². The van der Waals surface area contributed by atoms with Gasteiger partial charge in [-0.1, -0.05) is 91.4 Å². The van der Waals surface area contributed by atoms with Crippen molar-refractivity contribution in [1.29, 1.82) is 0 Å². The van der Waals surface area contributed by atoms with Gasteiger partial charge >= 0.3 is 0 Å². The van der Waals surface area contributed by atoms with Gasteiger partial charge in [0.1, 0.15) is 0 Å². The highest BCUT2D eigenvalue weighted by Crippen LogP contribution is 2.11. The SMILES string of the molecule is CCCCCCC(O)CN(CCCCCC)CC(O)CCCCCC. The molecule has 25 heavy (non-hydrogen) atoms. The molecule has 0 heterocycles. The summed E-state index contributed by atoms with van der Waals surface area (Å²) in [5.41, 5.74) is 0. The fourth-order valence-electron chi connectivity index (χ4n) is 3.41. The van der Waals surface area contributed by atoms with Crippen LogP contribution < -0.4 is 0 Å². The second-order valence-corrected chi connectivity index (χ2v) is 7.83. The quantitative estimate of drug-likeness (QED) is 0.299. The first-order valence-electron chi connectivity index (χ1n) is 11.2. The summed E-state index contributed by atoms with van der Waals surface area (Å²) < 4.78 is 0. The van der Waals surface area contributed by atoms with E-state index in [1.807, 2.05) is 0 Å². The van der Waals surface area contributed by atoms with Crippen LogP contribution in [0.1, 0.15) is 111 Å². The summed E-state index contributed by atoms with van der Waals surface area (Å²) in [6, 6.07) is 0. The number of unbranched alkanes of at least 4 members (excludes halogenated alkanes) is 9. The normalized spacial score (nSPS) is 14.2. The molecule has 0 radical (unpaired) electrons. The van der Waals surface area contributed by atoms with Gasteiger partial charge < -0.3 is 10.2 Å². The highest BCUT2D eigenvalue weighted by Gasteiger charge is 2.15. The minimum absolute atomic E-state index is 0.240. The molecule has 0 rings (SSSR count). The van der Waals surface area contributed by atoms with Gasteiger partial charge in [0.05, 0.1) is 12.2 Å². The van der Waals surface area contributed by atoms with Gasteiger partial charge in [-0.25, -0.2) is 0 Å². The molecule has 2 N–H and O–H groups in total. The Morgan fingerprint density at radius 2 is 0.960 bits per heavy atom. The van der Waals surface area contributed by atoms with Gasteiger partial charge in [0.2, 0.25) is 0 Å². The zero-order valence-corrected chi connectivity index (χ0v) is 17.5. The minimum Gasteiger partial charge on any atom is -0.392 e. The third-order valence-corrected chi connectivity index (χ3v) is 5.05. The molecule has 0 aromatic rings. The highest BCUT2D eigenvalue weighted by atomic mass is 16.3. The van der Waals surface area contributed by atoms with Crippen molar-refractivity contribution in [3.63, 3.8) is 0 Å². The molecular weight excluding hydrogens is 310 g/mol. The first kappa shape index (κ1) is 24.9. The average Bonchev–Trinajstić information content (AvgIpc) is 2.59. The number of hydrogen-bond acceptors (Lipinski definition) is 3. The zero-order valence-electron chi connectivity index (χ0n) is 17.5. The molecule has 3 nitrogen and oxygen atoms in total. The summed E-state index contributed by atoms with van der Waals surface area (Å²) in [7, 11) is 0.